The molecule has 2 heterocycles. The average Bonchev–Trinajstić information content (AvgIpc) is 2.99. The number of amides is 2. The fourth-order valence-electron chi connectivity index (χ4n) is 2.65. The molecule has 2 aromatic heterocycles. The lowest BCUT2D eigenvalue weighted by Gasteiger charge is -2.06. The zero-order valence-corrected chi connectivity index (χ0v) is 15.1. The van der Waals surface area contributed by atoms with Gasteiger partial charge in [-0.3, -0.25) is 14.0 Å². The van der Waals surface area contributed by atoms with Crippen LogP contribution in [0, 0.1) is 12.8 Å². The van der Waals surface area contributed by atoms with Gasteiger partial charge in [0.25, 0.3) is 11.8 Å². The maximum atomic E-state index is 12.7. The number of nitrogens with one attached hydrogen (secondary N) is 2. The summed E-state index contributed by atoms with van der Waals surface area (Å²) in [6, 6.07) is 12.9. The lowest BCUT2D eigenvalue weighted by molar-refractivity contribution is 0.0938. The number of pyridine rings is 1. The number of aromatic nitrogens is 2. The molecule has 134 valence electrons. The van der Waals surface area contributed by atoms with Crippen LogP contribution in [-0.4, -0.2) is 27.7 Å². The van der Waals surface area contributed by atoms with Crippen molar-refractivity contribution in [3.8, 4) is 0 Å². The molecular formula is C20H22N4O2. The standard InChI is InChI=1S/C20H22N4O2/c1-13(2)12-21-20(26)18-23-17(16-9-4-5-10-24(16)18)19(25)22-15-8-6-7-14(3)11-15/h4-11,13H,12H2,1-3H3,(H,21,26)(H,22,25). The third kappa shape index (κ3) is 3.74. The first-order valence-corrected chi connectivity index (χ1v) is 8.59. The molecule has 0 aliphatic carbocycles. The van der Waals surface area contributed by atoms with E-state index in [9.17, 15) is 9.59 Å². The van der Waals surface area contributed by atoms with E-state index in [1.165, 1.54) is 0 Å². The van der Waals surface area contributed by atoms with Crippen LogP contribution in [0.3, 0.4) is 0 Å². The average molecular weight is 350 g/mol. The maximum Gasteiger partial charge on any atom is 0.287 e. The second-order valence-corrected chi connectivity index (χ2v) is 6.67. The summed E-state index contributed by atoms with van der Waals surface area (Å²) in [5.74, 6) is -0.110. The molecule has 0 unspecified atom stereocenters. The van der Waals surface area contributed by atoms with Crippen LogP contribution < -0.4 is 10.6 Å². The Bertz CT molecular complexity index is 959. The van der Waals surface area contributed by atoms with Gasteiger partial charge in [0.1, 0.15) is 0 Å². The van der Waals surface area contributed by atoms with E-state index < -0.39 is 0 Å². The van der Waals surface area contributed by atoms with E-state index in [-0.39, 0.29) is 23.3 Å². The van der Waals surface area contributed by atoms with Crippen molar-refractivity contribution < 1.29 is 9.59 Å². The summed E-state index contributed by atoms with van der Waals surface area (Å²) >= 11 is 0. The molecule has 0 atom stereocenters. The van der Waals surface area contributed by atoms with Gasteiger partial charge in [0.2, 0.25) is 5.82 Å². The van der Waals surface area contributed by atoms with Crippen LogP contribution in [0.5, 0.6) is 0 Å². The van der Waals surface area contributed by atoms with Gasteiger partial charge in [0.15, 0.2) is 5.69 Å². The highest BCUT2D eigenvalue weighted by molar-refractivity contribution is 6.08. The fourth-order valence-corrected chi connectivity index (χ4v) is 2.65. The Morgan fingerprint density at radius 3 is 2.65 bits per heavy atom. The van der Waals surface area contributed by atoms with Crippen molar-refractivity contribution in [2.75, 3.05) is 11.9 Å². The summed E-state index contributed by atoms with van der Waals surface area (Å²) < 4.78 is 1.64. The van der Waals surface area contributed by atoms with Gasteiger partial charge in [-0.2, -0.15) is 0 Å². The molecule has 1 aromatic carbocycles. The number of carbonyl (C=O) groups is 2. The lowest BCUT2D eigenvalue weighted by Crippen LogP contribution is -2.29. The Morgan fingerprint density at radius 1 is 1.12 bits per heavy atom. The molecule has 2 N–H and O–H groups in total. The van der Waals surface area contributed by atoms with Crippen LogP contribution >= 0.6 is 0 Å². The van der Waals surface area contributed by atoms with Gasteiger partial charge in [0, 0.05) is 18.4 Å². The molecule has 3 aromatic rings. The normalized spacial score (nSPS) is 10.9. The first-order chi connectivity index (χ1) is 12.5. The predicted octanol–water partition coefficient (Wildman–Crippen LogP) is 3.28. The van der Waals surface area contributed by atoms with Gasteiger partial charge >= 0.3 is 0 Å². The van der Waals surface area contributed by atoms with E-state index in [0.29, 0.717) is 23.7 Å². The third-order valence-corrected chi connectivity index (χ3v) is 3.91. The molecule has 6 nitrogen and oxygen atoms in total. The minimum Gasteiger partial charge on any atom is -0.349 e. The minimum absolute atomic E-state index is 0.204. The first kappa shape index (κ1) is 17.7. The number of benzene rings is 1. The van der Waals surface area contributed by atoms with E-state index in [2.05, 4.69) is 15.6 Å². The number of rotatable bonds is 5. The third-order valence-electron chi connectivity index (χ3n) is 3.91. The molecule has 0 fully saturated rings. The fraction of sp³-hybridized carbons (Fsp3) is 0.250. The zero-order valence-electron chi connectivity index (χ0n) is 15.1. The van der Waals surface area contributed by atoms with Gasteiger partial charge in [-0.25, -0.2) is 4.98 Å². The Hall–Kier alpha value is -3.15. The highest BCUT2D eigenvalue weighted by Crippen LogP contribution is 2.16. The number of fused-ring (bicyclic) bond motifs is 1. The second-order valence-electron chi connectivity index (χ2n) is 6.67. The van der Waals surface area contributed by atoms with Crippen molar-refractivity contribution in [1.82, 2.24) is 14.7 Å². The summed E-state index contributed by atoms with van der Waals surface area (Å²) in [6.07, 6.45) is 1.73. The Balaban J connectivity index is 1.93. The predicted molar refractivity (Wildman–Crippen MR) is 101 cm³/mol. The SMILES string of the molecule is Cc1cccc(NC(=O)c2nc(C(=O)NCC(C)C)n3ccccc23)c1. The Labute approximate surface area is 152 Å². The van der Waals surface area contributed by atoms with E-state index >= 15 is 0 Å². The highest BCUT2D eigenvalue weighted by Gasteiger charge is 2.21. The van der Waals surface area contributed by atoms with Crippen molar-refractivity contribution in [3.05, 3.63) is 65.7 Å². The van der Waals surface area contributed by atoms with Gasteiger partial charge in [0.05, 0.1) is 5.52 Å². The van der Waals surface area contributed by atoms with Gasteiger partial charge in [-0.1, -0.05) is 32.0 Å². The monoisotopic (exact) mass is 350 g/mol. The van der Waals surface area contributed by atoms with Crippen LogP contribution in [-0.2, 0) is 0 Å². The van der Waals surface area contributed by atoms with Gasteiger partial charge in [-0.15, -0.1) is 0 Å². The maximum absolute atomic E-state index is 12.7. The second kappa shape index (κ2) is 7.39. The molecule has 6 heteroatoms. The molecule has 26 heavy (non-hydrogen) atoms. The summed E-state index contributed by atoms with van der Waals surface area (Å²) in [5, 5.41) is 5.69. The Morgan fingerprint density at radius 2 is 1.92 bits per heavy atom. The van der Waals surface area contributed by atoms with Crippen LogP contribution in [0.2, 0.25) is 0 Å². The van der Waals surface area contributed by atoms with Crippen molar-refractivity contribution in [2.24, 2.45) is 5.92 Å². The van der Waals surface area contributed by atoms with Crippen LogP contribution in [0.1, 0.15) is 40.5 Å². The van der Waals surface area contributed by atoms with Crippen molar-refractivity contribution in [3.63, 3.8) is 0 Å². The number of carbonyl (C=O) groups excluding carboxylic acids is 2. The number of nitrogens with zero attached hydrogens (tertiary/aromatic N) is 2. The van der Waals surface area contributed by atoms with Crippen molar-refractivity contribution in [2.45, 2.75) is 20.8 Å². The molecule has 2 amide bonds. The molecule has 0 aliphatic heterocycles. The number of hydrogen-bond acceptors (Lipinski definition) is 3. The first-order valence-electron chi connectivity index (χ1n) is 8.59. The summed E-state index contributed by atoms with van der Waals surface area (Å²) in [6.45, 7) is 6.54. The molecule has 0 radical (unpaired) electrons. The quantitative estimate of drug-likeness (QED) is 0.741. The van der Waals surface area contributed by atoms with E-state index in [0.717, 1.165) is 5.56 Å². The van der Waals surface area contributed by atoms with Crippen LogP contribution in [0.25, 0.3) is 5.52 Å². The lowest BCUT2D eigenvalue weighted by atomic mass is 10.2. The number of anilines is 1. The molecular weight excluding hydrogens is 328 g/mol. The smallest absolute Gasteiger partial charge is 0.287 e. The molecule has 0 saturated heterocycles. The van der Waals surface area contributed by atoms with Crippen LogP contribution in [0.4, 0.5) is 5.69 Å². The molecule has 0 spiro atoms. The zero-order chi connectivity index (χ0) is 18.7. The largest absolute Gasteiger partial charge is 0.349 e. The summed E-state index contributed by atoms with van der Waals surface area (Å²) in [5.41, 5.74) is 2.55. The van der Waals surface area contributed by atoms with Crippen molar-refractivity contribution in [1.29, 1.82) is 0 Å². The van der Waals surface area contributed by atoms with Gasteiger partial charge in [-0.05, 0) is 42.7 Å². The number of hydrogen-bond donors (Lipinski definition) is 2. The summed E-state index contributed by atoms with van der Waals surface area (Å²) in [7, 11) is 0. The van der Waals surface area contributed by atoms with E-state index in [1.807, 2.05) is 51.1 Å². The van der Waals surface area contributed by atoms with E-state index in [1.54, 1.807) is 22.7 Å². The Kier molecular flexibility index (Phi) is 5.02. The van der Waals surface area contributed by atoms with Gasteiger partial charge < -0.3 is 10.6 Å². The highest BCUT2D eigenvalue weighted by atomic mass is 16.2. The topological polar surface area (TPSA) is 75.5 Å². The number of imidazole rings is 1. The molecule has 0 aliphatic rings. The minimum atomic E-state index is -0.345. The molecule has 0 bridgehead atoms. The van der Waals surface area contributed by atoms with Crippen molar-refractivity contribution >= 4 is 23.0 Å². The van der Waals surface area contributed by atoms with Crippen LogP contribution in [0.15, 0.2) is 48.7 Å². The number of aryl methyl sites for hydroxylation is 1. The molecule has 0 saturated carbocycles. The molecule has 3 rings (SSSR count). The van der Waals surface area contributed by atoms with E-state index in [4.69, 9.17) is 0 Å². The summed E-state index contributed by atoms with van der Waals surface area (Å²) in [4.78, 5) is 29.5.